The number of hydrogen-bond donors (Lipinski definition) is 2. The Balaban J connectivity index is 2.99. The van der Waals surface area contributed by atoms with Crippen LogP contribution >= 0.6 is 0 Å². The van der Waals surface area contributed by atoms with Gasteiger partial charge in [0.15, 0.2) is 0 Å². The first-order valence-electron chi connectivity index (χ1n) is 6.52. The van der Waals surface area contributed by atoms with Gasteiger partial charge < -0.3 is 10.2 Å². The van der Waals surface area contributed by atoms with Crippen molar-refractivity contribution < 1.29 is 23.4 Å². The topological polar surface area (TPSA) is 98.2 Å². The zero-order valence-electron chi connectivity index (χ0n) is 11.3. The number of hydrogen-bond acceptors (Lipinski definition) is 4. The van der Waals surface area contributed by atoms with Crippen LogP contribution in [0.1, 0.15) is 33.1 Å². The van der Waals surface area contributed by atoms with Crippen LogP contribution in [0.3, 0.4) is 0 Å². The van der Waals surface area contributed by atoms with Gasteiger partial charge in [-0.15, -0.1) is 0 Å². The maximum Gasteiger partial charge on any atom is 0.322 e. The fourth-order valence-corrected chi connectivity index (χ4v) is 4.23. The van der Waals surface area contributed by atoms with E-state index in [9.17, 15) is 18.3 Å². The van der Waals surface area contributed by atoms with E-state index in [1.54, 1.807) is 0 Å². The van der Waals surface area contributed by atoms with Crippen molar-refractivity contribution >= 4 is 16.2 Å². The molecule has 112 valence electrons. The Bertz CT molecular complexity index is 405. The van der Waals surface area contributed by atoms with E-state index < -0.39 is 28.3 Å². The van der Waals surface area contributed by atoms with E-state index in [2.05, 4.69) is 0 Å². The number of aliphatic hydroxyl groups excluding tert-OH is 1. The molecule has 1 aliphatic heterocycles. The maximum atomic E-state index is 12.5. The summed E-state index contributed by atoms with van der Waals surface area (Å²) in [6.07, 6.45) is 0.349. The fourth-order valence-electron chi connectivity index (χ4n) is 2.25. The number of carboxylic acid groups (broad SMARTS) is 1. The molecule has 0 radical (unpaired) electrons. The highest BCUT2D eigenvalue weighted by Gasteiger charge is 2.44. The average Bonchev–Trinajstić information content (AvgIpc) is 2.72. The minimum absolute atomic E-state index is 0.0549. The van der Waals surface area contributed by atoms with Gasteiger partial charge in [-0.1, -0.05) is 13.8 Å². The minimum atomic E-state index is -3.83. The first kappa shape index (κ1) is 16.4. The van der Waals surface area contributed by atoms with Crippen LogP contribution < -0.4 is 0 Å². The highest BCUT2D eigenvalue weighted by molar-refractivity contribution is 7.86. The SMILES string of the molecule is CCCN(CCC)S(=O)(=O)N1C[C@H](O)C[C@@H]1C(=O)O. The second kappa shape index (κ2) is 6.65. The standard InChI is InChI=1S/C11H22N2O5S/c1-3-5-12(6-4-2)19(17,18)13-8-9(14)7-10(13)11(15)16/h9-10,14H,3-8H2,1-2H3,(H,15,16)/t9-,10-/m1/s1. The van der Waals surface area contributed by atoms with E-state index >= 15 is 0 Å². The van der Waals surface area contributed by atoms with Crippen molar-refractivity contribution in [2.45, 2.75) is 45.3 Å². The van der Waals surface area contributed by atoms with Crippen LogP contribution in [-0.4, -0.2) is 65.0 Å². The van der Waals surface area contributed by atoms with Crippen molar-refractivity contribution in [1.82, 2.24) is 8.61 Å². The second-order valence-corrected chi connectivity index (χ2v) is 6.60. The first-order valence-corrected chi connectivity index (χ1v) is 7.92. The molecular weight excluding hydrogens is 272 g/mol. The van der Waals surface area contributed by atoms with Crippen LogP contribution in [0.25, 0.3) is 0 Å². The van der Waals surface area contributed by atoms with Crippen LogP contribution in [0.15, 0.2) is 0 Å². The third kappa shape index (κ3) is 3.65. The molecule has 0 aromatic heterocycles. The largest absolute Gasteiger partial charge is 0.480 e. The molecule has 1 rings (SSSR count). The molecule has 0 aromatic carbocycles. The molecule has 8 heteroatoms. The predicted molar refractivity (Wildman–Crippen MR) is 69.8 cm³/mol. The molecule has 2 atom stereocenters. The number of carbonyl (C=O) groups is 1. The summed E-state index contributed by atoms with van der Waals surface area (Å²) in [6.45, 7) is 4.30. The van der Waals surface area contributed by atoms with Gasteiger partial charge in [-0.2, -0.15) is 17.0 Å². The molecule has 1 fully saturated rings. The zero-order valence-corrected chi connectivity index (χ0v) is 12.1. The maximum absolute atomic E-state index is 12.5. The van der Waals surface area contributed by atoms with Crippen molar-refractivity contribution in [3.8, 4) is 0 Å². The Labute approximate surface area is 114 Å². The number of rotatable bonds is 7. The van der Waals surface area contributed by atoms with Crippen molar-refractivity contribution in [3.63, 3.8) is 0 Å². The summed E-state index contributed by atoms with van der Waals surface area (Å²) in [7, 11) is -3.83. The van der Waals surface area contributed by atoms with E-state index in [4.69, 9.17) is 5.11 Å². The summed E-state index contributed by atoms with van der Waals surface area (Å²) in [4.78, 5) is 11.1. The summed E-state index contributed by atoms with van der Waals surface area (Å²) in [5, 5.41) is 18.6. The van der Waals surface area contributed by atoms with Crippen LogP contribution in [-0.2, 0) is 15.0 Å². The molecule has 0 spiro atoms. The number of aliphatic carboxylic acids is 1. The Kier molecular flexibility index (Phi) is 5.72. The molecule has 1 aliphatic rings. The molecule has 1 saturated heterocycles. The third-order valence-electron chi connectivity index (χ3n) is 3.09. The quantitative estimate of drug-likeness (QED) is 0.682. The average molecular weight is 294 g/mol. The van der Waals surface area contributed by atoms with Gasteiger partial charge in [0, 0.05) is 26.1 Å². The van der Waals surface area contributed by atoms with Crippen LogP contribution in [0.4, 0.5) is 0 Å². The molecule has 7 nitrogen and oxygen atoms in total. The van der Waals surface area contributed by atoms with E-state index in [1.807, 2.05) is 13.8 Å². The van der Waals surface area contributed by atoms with Crippen molar-refractivity contribution in [1.29, 1.82) is 0 Å². The number of carboxylic acids is 1. The minimum Gasteiger partial charge on any atom is -0.480 e. The van der Waals surface area contributed by atoms with Gasteiger partial charge in [0.1, 0.15) is 6.04 Å². The Morgan fingerprint density at radius 2 is 1.84 bits per heavy atom. The fraction of sp³-hybridized carbons (Fsp3) is 0.909. The molecule has 0 saturated carbocycles. The van der Waals surface area contributed by atoms with Crippen molar-refractivity contribution in [3.05, 3.63) is 0 Å². The van der Waals surface area contributed by atoms with Gasteiger partial charge in [0.25, 0.3) is 10.2 Å². The lowest BCUT2D eigenvalue weighted by Crippen LogP contribution is -2.49. The Morgan fingerprint density at radius 1 is 1.32 bits per heavy atom. The molecular formula is C11H22N2O5S. The molecule has 2 N–H and O–H groups in total. The smallest absolute Gasteiger partial charge is 0.322 e. The normalized spacial score (nSPS) is 25.1. The highest BCUT2D eigenvalue weighted by atomic mass is 32.2. The summed E-state index contributed by atoms with van der Waals surface area (Å²) in [6, 6.07) is -1.17. The molecule has 0 unspecified atom stereocenters. The molecule has 0 amide bonds. The van der Waals surface area contributed by atoms with Gasteiger partial charge in [0.2, 0.25) is 0 Å². The van der Waals surface area contributed by atoms with Crippen LogP contribution in [0.2, 0.25) is 0 Å². The monoisotopic (exact) mass is 294 g/mol. The Morgan fingerprint density at radius 3 is 2.26 bits per heavy atom. The number of nitrogens with zero attached hydrogens (tertiary/aromatic N) is 2. The van der Waals surface area contributed by atoms with Gasteiger partial charge in [0.05, 0.1) is 6.10 Å². The lowest BCUT2D eigenvalue weighted by atomic mass is 10.2. The summed E-state index contributed by atoms with van der Waals surface area (Å²) < 4.78 is 27.1. The molecule has 0 aromatic rings. The van der Waals surface area contributed by atoms with Gasteiger partial charge in [-0.3, -0.25) is 4.79 Å². The van der Waals surface area contributed by atoms with E-state index in [0.717, 1.165) is 4.31 Å². The Hall–Kier alpha value is -0.700. The van der Waals surface area contributed by atoms with Crippen LogP contribution in [0.5, 0.6) is 0 Å². The number of β-amino-alcohol motifs (C(OH)–C–C–N with tert-alkyl or cyclic N) is 1. The summed E-state index contributed by atoms with van der Waals surface area (Å²) >= 11 is 0. The molecule has 0 aliphatic carbocycles. The summed E-state index contributed by atoms with van der Waals surface area (Å²) in [5.74, 6) is -1.21. The number of aliphatic hydroxyl groups is 1. The first-order chi connectivity index (χ1) is 8.84. The molecule has 19 heavy (non-hydrogen) atoms. The van der Waals surface area contributed by atoms with Crippen LogP contribution in [0, 0.1) is 0 Å². The predicted octanol–water partition coefficient (Wildman–Crippen LogP) is -0.127. The lowest BCUT2D eigenvalue weighted by molar-refractivity contribution is -0.140. The van der Waals surface area contributed by atoms with Crippen molar-refractivity contribution in [2.24, 2.45) is 0 Å². The molecule has 0 bridgehead atoms. The van der Waals surface area contributed by atoms with E-state index in [1.165, 1.54) is 4.31 Å². The van der Waals surface area contributed by atoms with Gasteiger partial charge in [-0.05, 0) is 12.8 Å². The van der Waals surface area contributed by atoms with Gasteiger partial charge in [-0.25, -0.2) is 0 Å². The van der Waals surface area contributed by atoms with Gasteiger partial charge >= 0.3 is 5.97 Å². The van der Waals surface area contributed by atoms with E-state index in [-0.39, 0.29) is 13.0 Å². The highest BCUT2D eigenvalue weighted by Crippen LogP contribution is 2.24. The third-order valence-corrected chi connectivity index (χ3v) is 5.10. The van der Waals surface area contributed by atoms with Crippen molar-refractivity contribution in [2.75, 3.05) is 19.6 Å². The van der Waals surface area contributed by atoms with E-state index in [0.29, 0.717) is 25.9 Å². The second-order valence-electron chi connectivity index (χ2n) is 4.72. The zero-order chi connectivity index (χ0) is 14.6. The lowest BCUT2D eigenvalue weighted by Gasteiger charge is -2.28. The summed E-state index contributed by atoms with van der Waals surface area (Å²) in [5.41, 5.74) is 0. The molecule has 1 heterocycles.